The molecule has 0 saturated carbocycles. The summed E-state index contributed by atoms with van der Waals surface area (Å²) in [5.41, 5.74) is 4.00. The van der Waals surface area contributed by atoms with Crippen LogP contribution in [0.15, 0.2) is 42.5 Å². The highest BCUT2D eigenvalue weighted by Gasteiger charge is 2.16. The summed E-state index contributed by atoms with van der Waals surface area (Å²) in [6.45, 7) is 6.48. The molecule has 0 bridgehead atoms. The van der Waals surface area contributed by atoms with Crippen LogP contribution in [-0.2, 0) is 24.1 Å². The molecule has 2 aromatic rings. The summed E-state index contributed by atoms with van der Waals surface area (Å²) in [7, 11) is 0. The van der Waals surface area contributed by atoms with Crippen molar-refractivity contribution in [3.63, 3.8) is 0 Å². The Morgan fingerprint density at radius 3 is 2.52 bits per heavy atom. The lowest BCUT2D eigenvalue weighted by Crippen LogP contribution is -2.37. The minimum absolute atomic E-state index is 0.0698. The number of nitrogens with one attached hydrogen (secondary N) is 1. The number of ether oxygens (including phenoxy) is 2. The molecule has 1 aliphatic rings. The summed E-state index contributed by atoms with van der Waals surface area (Å²) < 4.78 is 11.6. The van der Waals surface area contributed by atoms with E-state index in [-0.39, 0.29) is 12.0 Å². The van der Waals surface area contributed by atoms with Crippen molar-refractivity contribution >= 4 is 5.91 Å². The number of carbonyl (C=O) groups excluding carboxylic acids is 1. The second-order valence-electron chi connectivity index (χ2n) is 8.11. The molecule has 1 atom stereocenters. The van der Waals surface area contributed by atoms with E-state index < -0.39 is 6.10 Å². The molecule has 0 spiro atoms. The first-order valence-electron chi connectivity index (χ1n) is 10.8. The van der Waals surface area contributed by atoms with E-state index in [1.165, 1.54) is 29.5 Å². The number of rotatable bonds is 9. The maximum atomic E-state index is 12.4. The van der Waals surface area contributed by atoms with Gasteiger partial charge in [-0.2, -0.15) is 0 Å². The molecule has 2 aromatic carbocycles. The Morgan fingerprint density at radius 2 is 1.72 bits per heavy atom. The van der Waals surface area contributed by atoms with Crippen molar-refractivity contribution < 1.29 is 14.3 Å². The highest BCUT2D eigenvalue weighted by molar-refractivity contribution is 5.80. The van der Waals surface area contributed by atoms with Gasteiger partial charge < -0.3 is 14.8 Å². The predicted octanol–water partition coefficient (Wildman–Crippen LogP) is 4.87. The zero-order chi connectivity index (χ0) is 20.6. The van der Waals surface area contributed by atoms with Crippen LogP contribution in [0.25, 0.3) is 0 Å². The molecule has 0 heterocycles. The fourth-order valence-corrected chi connectivity index (χ4v) is 3.74. The lowest BCUT2D eigenvalue weighted by molar-refractivity contribution is -0.127. The van der Waals surface area contributed by atoms with Crippen molar-refractivity contribution in [1.82, 2.24) is 5.32 Å². The third-order valence-corrected chi connectivity index (χ3v) is 5.21. The summed E-state index contributed by atoms with van der Waals surface area (Å²) >= 11 is 0. The number of amides is 1. The minimum atomic E-state index is -0.501. The van der Waals surface area contributed by atoms with Gasteiger partial charge in [0, 0.05) is 6.54 Å². The van der Waals surface area contributed by atoms with Gasteiger partial charge in [0.05, 0.1) is 6.10 Å². The van der Waals surface area contributed by atoms with Crippen LogP contribution in [0.3, 0.4) is 0 Å². The van der Waals surface area contributed by atoms with E-state index >= 15 is 0 Å². The first-order chi connectivity index (χ1) is 14.0. The highest BCUT2D eigenvalue weighted by Crippen LogP contribution is 2.25. The number of carbonyl (C=O) groups is 1. The molecule has 0 aliphatic heterocycles. The van der Waals surface area contributed by atoms with E-state index in [4.69, 9.17) is 9.47 Å². The average molecular weight is 396 g/mol. The number of benzene rings is 2. The number of fused-ring (bicyclic) bond motifs is 1. The fourth-order valence-electron chi connectivity index (χ4n) is 3.74. The molecule has 4 heteroatoms. The number of hydrogen-bond donors (Lipinski definition) is 1. The zero-order valence-corrected chi connectivity index (χ0v) is 17.9. The van der Waals surface area contributed by atoms with Crippen LogP contribution in [0.2, 0.25) is 0 Å². The second kappa shape index (κ2) is 10.3. The van der Waals surface area contributed by atoms with Gasteiger partial charge in [-0.3, -0.25) is 4.79 Å². The SMILES string of the molecule is CC(C)Oc1cccc(CCCNC(=O)C(C)Oc2ccc3c(c2)CCCC3)c1. The van der Waals surface area contributed by atoms with Gasteiger partial charge >= 0.3 is 0 Å². The Bertz CT molecular complexity index is 815. The standard InChI is InChI=1S/C25H33NO3/c1-18(2)28-23-12-6-8-20(16-23)9-7-15-26-25(27)19(3)29-24-14-13-21-10-4-5-11-22(21)17-24/h6,8,12-14,16-19H,4-5,7,9-11,15H2,1-3H3,(H,26,27). The zero-order valence-electron chi connectivity index (χ0n) is 17.9. The van der Waals surface area contributed by atoms with Crippen LogP contribution in [0, 0.1) is 0 Å². The molecule has 0 fully saturated rings. The van der Waals surface area contributed by atoms with Gasteiger partial charge in [0.15, 0.2) is 6.10 Å². The van der Waals surface area contributed by atoms with Gasteiger partial charge in [0.1, 0.15) is 11.5 Å². The highest BCUT2D eigenvalue weighted by atomic mass is 16.5. The van der Waals surface area contributed by atoms with Crippen molar-refractivity contribution in [3.05, 3.63) is 59.2 Å². The molecule has 1 unspecified atom stereocenters. The minimum Gasteiger partial charge on any atom is -0.491 e. The Kier molecular flexibility index (Phi) is 7.56. The molecule has 0 aromatic heterocycles. The largest absolute Gasteiger partial charge is 0.491 e. The van der Waals surface area contributed by atoms with Crippen LogP contribution < -0.4 is 14.8 Å². The Hall–Kier alpha value is -2.49. The van der Waals surface area contributed by atoms with Crippen molar-refractivity contribution in [1.29, 1.82) is 0 Å². The monoisotopic (exact) mass is 395 g/mol. The summed E-state index contributed by atoms with van der Waals surface area (Å²) in [4.78, 5) is 12.4. The first kappa shape index (κ1) is 21.2. The van der Waals surface area contributed by atoms with Gasteiger partial charge in [0.25, 0.3) is 5.91 Å². The first-order valence-corrected chi connectivity index (χ1v) is 10.8. The smallest absolute Gasteiger partial charge is 0.260 e. The van der Waals surface area contributed by atoms with Crippen molar-refractivity contribution in [2.45, 2.75) is 71.5 Å². The topological polar surface area (TPSA) is 47.6 Å². The van der Waals surface area contributed by atoms with E-state index in [1.807, 2.05) is 39.0 Å². The van der Waals surface area contributed by atoms with E-state index in [9.17, 15) is 4.79 Å². The van der Waals surface area contributed by atoms with Crippen LogP contribution in [0.1, 0.15) is 56.7 Å². The summed E-state index contributed by atoms with van der Waals surface area (Å²) in [6, 6.07) is 14.4. The number of hydrogen-bond acceptors (Lipinski definition) is 3. The molecule has 1 N–H and O–H groups in total. The van der Waals surface area contributed by atoms with E-state index in [1.54, 1.807) is 0 Å². The van der Waals surface area contributed by atoms with Crippen molar-refractivity contribution in [3.8, 4) is 11.5 Å². The van der Waals surface area contributed by atoms with Crippen LogP contribution in [-0.4, -0.2) is 24.7 Å². The summed E-state index contributed by atoms with van der Waals surface area (Å²) in [6.07, 6.45) is 6.20. The molecule has 4 nitrogen and oxygen atoms in total. The summed E-state index contributed by atoms with van der Waals surface area (Å²) in [5.74, 6) is 1.61. The molecule has 29 heavy (non-hydrogen) atoms. The van der Waals surface area contributed by atoms with Gasteiger partial charge in [-0.25, -0.2) is 0 Å². The quantitative estimate of drug-likeness (QED) is 0.616. The molecular formula is C25H33NO3. The van der Waals surface area contributed by atoms with E-state index in [0.717, 1.165) is 37.2 Å². The van der Waals surface area contributed by atoms with Crippen LogP contribution >= 0.6 is 0 Å². The van der Waals surface area contributed by atoms with E-state index in [2.05, 4.69) is 29.6 Å². The maximum absolute atomic E-state index is 12.4. The Balaban J connectivity index is 1.41. The Labute approximate surface area is 174 Å². The molecule has 0 radical (unpaired) electrons. The van der Waals surface area contributed by atoms with Crippen molar-refractivity contribution in [2.75, 3.05) is 6.54 Å². The Morgan fingerprint density at radius 1 is 0.966 bits per heavy atom. The molecular weight excluding hydrogens is 362 g/mol. The molecule has 1 amide bonds. The average Bonchev–Trinajstić information content (AvgIpc) is 2.70. The second-order valence-corrected chi connectivity index (χ2v) is 8.11. The van der Waals surface area contributed by atoms with E-state index in [0.29, 0.717) is 6.54 Å². The van der Waals surface area contributed by atoms with Gasteiger partial charge in [-0.15, -0.1) is 0 Å². The van der Waals surface area contributed by atoms with Crippen molar-refractivity contribution in [2.24, 2.45) is 0 Å². The predicted molar refractivity (Wildman–Crippen MR) is 117 cm³/mol. The number of aryl methyl sites for hydroxylation is 3. The van der Waals surface area contributed by atoms with Gasteiger partial charge in [-0.05, 0) is 100 Å². The van der Waals surface area contributed by atoms with Crippen LogP contribution in [0.5, 0.6) is 11.5 Å². The lowest BCUT2D eigenvalue weighted by Gasteiger charge is -2.19. The molecule has 1 aliphatic carbocycles. The van der Waals surface area contributed by atoms with Crippen LogP contribution in [0.4, 0.5) is 0 Å². The third kappa shape index (κ3) is 6.52. The van der Waals surface area contributed by atoms with Gasteiger partial charge in [0.2, 0.25) is 0 Å². The third-order valence-electron chi connectivity index (χ3n) is 5.21. The summed E-state index contributed by atoms with van der Waals surface area (Å²) in [5, 5.41) is 2.99. The maximum Gasteiger partial charge on any atom is 0.260 e. The fraction of sp³-hybridized carbons (Fsp3) is 0.480. The molecule has 3 rings (SSSR count). The molecule has 156 valence electrons. The normalized spacial score (nSPS) is 14.2. The van der Waals surface area contributed by atoms with Gasteiger partial charge in [-0.1, -0.05) is 18.2 Å². The lowest BCUT2D eigenvalue weighted by atomic mass is 9.92. The molecule has 0 saturated heterocycles.